The number of piperidine rings is 1. The highest BCUT2D eigenvalue weighted by Crippen LogP contribution is 2.36. The summed E-state index contributed by atoms with van der Waals surface area (Å²) >= 11 is 0. The number of halogens is 3. The van der Waals surface area contributed by atoms with E-state index in [4.69, 9.17) is 0 Å². The largest absolute Gasteiger partial charge is 0.417 e. The second-order valence-corrected chi connectivity index (χ2v) is 6.16. The summed E-state index contributed by atoms with van der Waals surface area (Å²) in [6.07, 6.45) is -2.65. The van der Waals surface area contributed by atoms with Crippen molar-refractivity contribution in [2.75, 3.05) is 20.1 Å². The van der Waals surface area contributed by atoms with Gasteiger partial charge in [-0.25, -0.2) is 4.98 Å². The van der Waals surface area contributed by atoms with Gasteiger partial charge in [-0.3, -0.25) is 4.79 Å². The van der Waals surface area contributed by atoms with Gasteiger partial charge < -0.3 is 9.88 Å². The highest BCUT2D eigenvalue weighted by Gasteiger charge is 2.34. The van der Waals surface area contributed by atoms with Gasteiger partial charge in [0.1, 0.15) is 5.82 Å². The molecule has 128 valence electrons. The molecule has 0 amide bonds. The molecular weight excluding hydrogens is 319 g/mol. The Morgan fingerprint density at radius 2 is 2.04 bits per heavy atom. The Hall–Kier alpha value is -2.15. The summed E-state index contributed by atoms with van der Waals surface area (Å²) in [5, 5.41) is 0. The first-order chi connectivity index (χ1) is 11.3. The highest BCUT2D eigenvalue weighted by molar-refractivity contribution is 5.61. The molecule has 1 saturated heterocycles. The van der Waals surface area contributed by atoms with E-state index < -0.39 is 17.3 Å². The summed E-state index contributed by atoms with van der Waals surface area (Å²) in [5.41, 5.74) is -0.781. The second kappa shape index (κ2) is 6.39. The number of nitrogens with one attached hydrogen (secondary N) is 1. The number of likely N-dealkylation sites (N-methyl/N-ethyl adjacent to an activating group) is 1. The first-order valence-corrected chi connectivity index (χ1v) is 7.81. The summed E-state index contributed by atoms with van der Waals surface area (Å²) in [6, 6.07) is 6.55. The van der Waals surface area contributed by atoms with Crippen molar-refractivity contribution in [1.29, 1.82) is 0 Å². The fourth-order valence-corrected chi connectivity index (χ4v) is 3.16. The number of hydrogen-bond acceptors (Lipinski definition) is 3. The molecule has 1 fully saturated rings. The summed E-state index contributed by atoms with van der Waals surface area (Å²) in [4.78, 5) is 20.9. The lowest BCUT2D eigenvalue weighted by atomic mass is 9.94. The van der Waals surface area contributed by atoms with Crippen LogP contribution >= 0.6 is 0 Å². The molecule has 0 spiro atoms. The molecule has 0 radical (unpaired) electrons. The lowest BCUT2D eigenvalue weighted by molar-refractivity contribution is -0.137. The van der Waals surface area contributed by atoms with Crippen molar-refractivity contribution in [3.05, 3.63) is 51.9 Å². The van der Waals surface area contributed by atoms with Gasteiger partial charge >= 0.3 is 6.18 Å². The topological polar surface area (TPSA) is 49.0 Å². The van der Waals surface area contributed by atoms with Crippen LogP contribution in [0.5, 0.6) is 0 Å². The minimum absolute atomic E-state index is 0.0290. The SMILES string of the molecule is CN1CCC[C@H](c2cc(=O)[nH]c(-c3ccccc3C(F)(F)F)n2)C1. The molecule has 1 atom stereocenters. The van der Waals surface area contributed by atoms with Crippen LogP contribution < -0.4 is 5.56 Å². The van der Waals surface area contributed by atoms with Crippen LogP contribution in [0.25, 0.3) is 11.4 Å². The Labute approximate surface area is 137 Å². The van der Waals surface area contributed by atoms with E-state index >= 15 is 0 Å². The number of nitrogens with zero attached hydrogens (tertiary/aromatic N) is 2. The Morgan fingerprint density at radius 1 is 1.29 bits per heavy atom. The van der Waals surface area contributed by atoms with Gasteiger partial charge in [0.15, 0.2) is 0 Å². The molecular formula is C17H18F3N3O. The van der Waals surface area contributed by atoms with E-state index in [1.165, 1.54) is 24.3 Å². The van der Waals surface area contributed by atoms with Gasteiger partial charge in [0.2, 0.25) is 0 Å². The van der Waals surface area contributed by atoms with Gasteiger partial charge in [-0.05, 0) is 32.5 Å². The van der Waals surface area contributed by atoms with E-state index in [9.17, 15) is 18.0 Å². The molecule has 0 bridgehead atoms. The smallest absolute Gasteiger partial charge is 0.307 e. The van der Waals surface area contributed by atoms with E-state index in [1.807, 2.05) is 7.05 Å². The number of alkyl halides is 3. The normalized spacial score (nSPS) is 19.4. The van der Waals surface area contributed by atoms with Crippen molar-refractivity contribution in [3.8, 4) is 11.4 Å². The van der Waals surface area contributed by atoms with Gasteiger partial charge in [-0.2, -0.15) is 13.2 Å². The first-order valence-electron chi connectivity index (χ1n) is 7.81. The zero-order valence-corrected chi connectivity index (χ0v) is 13.2. The van der Waals surface area contributed by atoms with Crippen LogP contribution in [-0.2, 0) is 6.18 Å². The van der Waals surface area contributed by atoms with E-state index in [0.717, 1.165) is 32.0 Å². The third kappa shape index (κ3) is 3.51. The molecule has 0 unspecified atom stereocenters. The zero-order chi connectivity index (χ0) is 17.3. The highest BCUT2D eigenvalue weighted by atomic mass is 19.4. The predicted octanol–water partition coefficient (Wildman–Crippen LogP) is 3.26. The minimum atomic E-state index is -4.50. The summed E-state index contributed by atoms with van der Waals surface area (Å²) in [7, 11) is 1.99. The monoisotopic (exact) mass is 337 g/mol. The molecule has 4 nitrogen and oxygen atoms in total. The fraction of sp³-hybridized carbons (Fsp3) is 0.412. The number of hydrogen-bond donors (Lipinski definition) is 1. The Balaban J connectivity index is 2.06. The van der Waals surface area contributed by atoms with Crippen LogP contribution in [0.15, 0.2) is 35.1 Å². The summed E-state index contributed by atoms with van der Waals surface area (Å²) < 4.78 is 39.6. The van der Waals surface area contributed by atoms with Crippen LogP contribution in [0, 0.1) is 0 Å². The summed E-state index contributed by atoms with van der Waals surface area (Å²) in [5.74, 6) is 0.0292. The third-order valence-corrected chi connectivity index (χ3v) is 4.29. The lowest BCUT2D eigenvalue weighted by Crippen LogP contribution is -2.32. The molecule has 1 aliphatic rings. The number of aromatic amines is 1. The zero-order valence-electron chi connectivity index (χ0n) is 13.2. The van der Waals surface area contributed by atoms with Crippen LogP contribution in [-0.4, -0.2) is 35.0 Å². The average Bonchev–Trinajstić information content (AvgIpc) is 2.53. The van der Waals surface area contributed by atoms with Gasteiger partial charge in [-0.1, -0.05) is 18.2 Å². The van der Waals surface area contributed by atoms with E-state index in [1.54, 1.807) is 0 Å². The number of aromatic nitrogens is 2. The van der Waals surface area contributed by atoms with Crippen LogP contribution in [0.3, 0.4) is 0 Å². The molecule has 3 rings (SSSR count). The van der Waals surface area contributed by atoms with Gasteiger partial charge in [0, 0.05) is 24.1 Å². The Kier molecular flexibility index (Phi) is 4.45. The molecule has 1 aliphatic heterocycles. The van der Waals surface area contributed by atoms with E-state index in [2.05, 4.69) is 14.9 Å². The summed E-state index contributed by atoms with van der Waals surface area (Å²) in [6.45, 7) is 1.72. The molecule has 1 aromatic heterocycles. The second-order valence-electron chi connectivity index (χ2n) is 6.16. The van der Waals surface area contributed by atoms with Crippen molar-refractivity contribution in [1.82, 2.24) is 14.9 Å². The molecule has 1 aromatic carbocycles. The van der Waals surface area contributed by atoms with Crippen molar-refractivity contribution in [3.63, 3.8) is 0 Å². The van der Waals surface area contributed by atoms with Crippen LogP contribution in [0.4, 0.5) is 13.2 Å². The standard InChI is InChI=1S/C17H18F3N3O/c1-23-8-4-5-11(10-23)14-9-15(24)22-16(21-14)12-6-2-3-7-13(12)17(18,19)20/h2-3,6-7,9,11H,4-5,8,10H2,1H3,(H,21,22,24)/t11-/m0/s1. The molecule has 2 aromatic rings. The van der Waals surface area contributed by atoms with Crippen molar-refractivity contribution in [2.45, 2.75) is 24.9 Å². The van der Waals surface area contributed by atoms with Crippen molar-refractivity contribution >= 4 is 0 Å². The van der Waals surface area contributed by atoms with Gasteiger partial charge in [0.05, 0.1) is 11.3 Å². The predicted molar refractivity (Wildman–Crippen MR) is 84.8 cm³/mol. The molecule has 2 heterocycles. The molecule has 0 saturated carbocycles. The molecule has 24 heavy (non-hydrogen) atoms. The van der Waals surface area contributed by atoms with Crippen molar-refractivity contribution in [2.24, 2.45) is 0 Å². The molecule has 0 aliphatic carbocycles. The third-order valence-electron chi connectivity index (χ3n) is 4.29. The Bertz CT molecular complexity index is 785. The van der Waals surface area contributed by atoms with Crippen LogP contribution in [0.1, 0.15) is 30.0 Å². The maximum atomic E-state index is 13.2. The first kappa shape index (κ1) is 16.7. The minimum Gasteiger partial charge on any atom is -0.307 e. The van der Waals surface area contributed by atoms with E-state index in [0.29, 0.717) is 5.69 Å². The number of H-pyrrole nitrogens is 1. The quantitative estimate of drug-likeness (QED) is 0.915. The maximum Gasteiger partial charge on any atom is 0.417 e. The number of likely N-dealkylation sites (tertiary alicyclic amines) is 1. The average molecular weight is 337 g/mol. The van der Waals surface area contributed by atoms with Crippen LogP contribution in [0.2, 0.25) is 0 Å². The fourth-order valence-electron chi connectivity index (χ4n) is 3.16. The van der Waals surface area contributed by atoms with Crippen molar-refractivity contribution < 1.29 is 13.2 Å². The number of rotatable bonds is 2. The lowest BCUT2D eigenvalue weighted by Gasteiger charge is -2.29. The Morgan fingerprint density at radius 3 is 2.75 bits per heavy atom. The molecule has 1 N–H and O–H groups in total. The number of benzene rings is 1. The van der Waals surface area contributed by atoms with Gasteiger partial charge in [0.25, 0.3) is 5.56 Å². The molecule has 7 heteroatoms. The van der Waals surface area contributed by atoms with Gasteiger partial charge in [-0.15, -0.1) is 0 Å². The van der Waals surface area contributed by atoms with E-state index in [-0.39, 0.29) is 17.3 Å². The maximum absolute atomic E-state index is 13.2.